The topological polar surface area (TPSA) is 62.5 Å². The minimum absolute atomic E-state index is 0.0343. The molecule has 2 heterocycles. The Labute approximate surface area is 124 Å². The highest BCUT2D eigenvalue weighted by molar-refractivity contribution is 6.33. The number of rotatable bonds is 1. The predicted octanol–water partition coefficient (Wildman–Crippen LogP) is 1.87. The first-order chi connectivity index (χ1) is 9.29. The van der Waals surface area contributed by atoms with Crippen LogP contribution in [0.15, 0.2) is 12.3 Å². The van der Waals surface area contributed by atoms with Gasteiger partial charge in [-0.25, -0.2) is 4.98 Å². The number of nitrogens with two attached hydrogens (primary N) is 1. The van der Waals surface area contributed by atoms with Crippen LogP contribution < -0.4 is 5.73 Å². The number of halogens is 1. The van der Waals surface area contributed by atoms with Gasteiger partial charge in [0, 0.05) is 37.9 Å². The second-order valence-electron chi connectivity index (χ2n) is 6.04. The molecule has 110 valence electrons. The van der Waals surface area contributed by atoms with Gasteiger partial charge in [0.25, 0.3) is 5.91 Å². The van der Waals surface area contributed by atoms with Gasteiger partial charge in [-0.3, -0.25) is 9.69 Å². The molecule has 1 aliphatic heterocycles. The lowest BCUT2D eigenvalue weighted by Gasteiger charge is -2.42. The van der Waals surface area contributed by atoms with Crippen molar-refractivity contribution in [3.63, 3.8) is 0 Å². The molecule has 0 atom stereocenters. The van der Waals surface area contributed by atoms with E-state index in [1.165, 1.54) is 6.20 Å². The molecule has 1 aromatic rings. The molecule has 0 bridgehead atoms. The first kappa shape index (κ1) is 15.1. The van der Waals surface area contributed by atoms with Gasteiger partial charge in [0.05, 0.1) is 10.6 Å². The number of piperazine rings is 1. The molecule has 2 rings (SSSR count). The van der Waals surface area contributed by atoms with Crippen LogP contribution in [0.4, 0.5) is 5.82 Å². The maximum atomic E-state index is 12.4. The Balaban J connectivity index is 2.03. The standard InChI is InChI=1S/C14H21ClN4O/c1-14(2,3)19-6-4-18(5-7-19)13(20)10-8-11(15)12(16)17-9-10/h8-9H,4-7H2,1-3H3,(H2,16,17). The predicted molar refractivity (Wildman–Crippen MR) is 80.9 cm³/mol. The summed E-state index contributed by atoms with van der Waals surface area (Å²) in [5.74, 6) is 0.216. The van der Waals surface area contributed by atoms with E-state index in [9.17, 15) is 4.79 Å². The maximum absolute atomic E-state index is 12.4. The van der Waals surface area contributed by atoms with E-state index in [1.807, 2.05) is 4.90 Å². The number of nitrogens with zero attached hydrogens (tertiary/aromatic N) is 3. The van der Waals surface area contributed by atoms with Crippen LogP contribution in [-0.4, -0.2) is 52.4 Å². The number of carbonyl (C=O) groups excluding carboxylic acids is 1. The Kier molecular flexibility index (Phi) is 4.20. The van der Waals surface area contributed by atoms with Gasteiger partial charge in [-0.2, -0.15) is 0 Å². The van der Waals surface area contributed by atoms with Crippen LogP contribution in [0.3, 0.4) is 0 Å². The summed E-state index contributed by atoms with van der Waals surface area (Å²) in [7, 11) is 0. The summed E-state index contributed by atoms with van der Waals surface area (Å²) in [4.78, 5) is 20.5. The molecule has 1 saturated heterocycles. The van der Waals surface area contributed by atoms with Gasteiger partial charge in [-0.1, -0.05) is 11.6 Å². The number of amides is 1. The van der Waals surface area contributed by atoms with Crippen molar-refractivity contribution in [2.24, 2.45) is 0 Å². The Morgan fingerprint density at radius 2 is 1.90 bits per heavy atom. The summed E-state index contributed by atoms with van der Waals surface area (Å²) < 4.78 is 0. The second-order valence-corrected chi connectivity index (χ2v) is 6.45. The third-order valence-corrected chi connectivity index (χ3v) is 3.93. The Morgan fingerprint density at radius 3 is 2.40 bits per heavy atom. The van der Waals surface area contributed by atoms with Gasteiger partial charge >= 0.3 is 0 Å². The van der Waals surface area contributed by atoms with Crippen LogP contribution in [0.5, 0.6) is 0 Å². The SMILES string of the molecule is CC(C)(C)N1CCN(C(=O)c2cnc(N)c(Cl)c2)CC1. The number of hydrogen-bond donors (Lipinski definition) is 1. The van der Waals surface area contributed by atoms with Gasteiger partial charge in [0.1, 0.15) is 5.82 Å². The number of anilines is 1. The monoisotopic (exact) mass is 296 g/mol. The fourth-order valence-electron chi connectivity index (χ4n) is 2.33. The zero-order valence-electron chi connectivity index (χ0n) is 12.2. The summed E-state index contributed by atoms with van der Waals surface area (Å²) in [6.45, 7) is 9.77. The zero-order valence-corrected chi connectivity index (χ0v) is 12.9. The quantitative estimate of drug-likeness (QED) is 0.859. The molecule has 0 saturated carbocycles. The molecule has 1 fully saturated rings. The molecule has 6 heteroatoms. The molecule has 5 nitrogen and oxygen atoms in total. The molecule has 0 radical (unpaired) electrons. The summed E-state index contributed by atoms with van der Waals surface area (Å²) in [6.07, 6.45) is 1.49. The molecular formula is C14H21ClN4O. The highest BCUT2D eigenvalue weighted by atomic mass is 35.5. The molecule has 1 aromatic heterocycles. The molecule has 1 aliphatic rings. The van der Waals surface area contributed by atoms with Crippen molar-refractivity contribution in [1.82, 2.24) is 14.8 Å². The average Bonchev–Trinajstić information content (AvgIpc) is 2.40. The van der Waals surface area contributed by atoms with Crippen LogP contribution in [0.1, 0.15) is 31.1 Å². The smallest absolute Gasteiger partial charge is 0.255 e. The van der Waals surface area contributed by atoms with E-state index in [-0.39, 0.29) is 17.3 Å². The van der Waals surface area contributed by atoms with Crippen LogP contribution in [0.25, 0.3) is 0 Å². The first-order valence-corrected chi connectivity index (χ1v) is 7.12. The molecular weight excluding hydrogens is 276 g/mol. The van der Waals surface area contributed by atoms with Crippen molar-refractivity contribution < 1.29 is 4.79 Å². The molecule has 20 heavy (non-hydrogen) atoms. The average molecular weight is 297 g/mol. The van der Waals surface area contributed by atoms with Crippen LogP contribution >= 0.6 is 11.6 Å². The van der Waals surface area contributed by atoms with E-state index < -0.39 is 0 Å². The van der Waals surface area contributed by atoms with Crippen molar-refractivity contribution in [2.75, 3.05) is 31.9 Å². The lowest BCUT2D eigenvalue weighted by atomic mass is 10.0. The van der Waals surface area contributed by atoms with Gasteiger partial charge in [0.2, 0.25) is 0 Å². The maximum Gasteiger partial charge on any atom is 0.255 e. The van der Waals surface area contributed by atoms with Crippen LogP contribution in [-0.2, 0) is 0 Å². The largest absolute Gasteiger partial charge is 0.382 e. The Morgan fingerprint density at radius 1 is 1.30 bits per heavy atom. The fraction of sp³-hybridized carbons (Fsp3) is 0.571. The van der Waals surface area contributed by atoms with Gasteiger partial charge in [0.15, 0.2) is 0 Å². The molecule has 1 amide bonds. The molecule has 0 unspecified atom stereocenters. The molecule has 0 aliphatic carbocycles. The number of carbonyl (C=O) groups is 1. The number of nitrogen functional groups attached to an aromatic ring is 1. The van der Waals surface area contributed by atoms with Gasteiger partial charge in [-0.15, -0.1) is 0 Å². The summed E-state index contributed by atoms with van der Waals surface area (Å²) in [5, 5.41) is 0.323. The molecule has 2 N–H and O–H groups in total. The summed E-state index contributed by atoms with van der Waals surface area (Å²) in [6, 6.07) is 1.59. The number of pyridine rings is 1. The third kappa shape index (κ3) is 3.22. The third-order valence-electron chi connectivity index (χ3n) is 3.63. The van der Waals surface area contributed by atoms with Crippen LogP contribution in [0.2, 0.25) is 5.02 Å². The number of hydrogen-bond acceptors (Lipinski definition) is 4. The van der Waals surface area contributed by atoms with E-state index >= 15 is 0 Å². The van der Waals surface area contributed by atoms with E-state index in [2.05, 4.69) is 30.7 Å². The van der Waals surface area contributed by atoms with Crippen molar-refractivity contribution in [2.45, 2.75) is 26.3 Å². The Hall–Kier alpha value is -1.33. The Bertz CT molecular complexity index is 504. The van der Waals surface area contributed by atoms with Crippen molar-refractivity contribution >= 4 is 23.3 Å². The van der Waals surface area contributed by atoms with E-state index in [0.29, 0.717) is 10.6 Å². The normalized spacial score (nSPS) is 17.3. The molecule has 0 spiro atoms. The first-order valence-electron chi connectivity index (χ1n) is 6.74. The van der Waals surface area contributed by atoms with E-state index in [4.69, 9.17) is 17.3 Å². The zero-order chi connectivity index (χ0) is 14.9. The van der Waals surface area contributed by atoms with Crippen molar-refractivity contribution in [3.8, 4) is 0 Å². The highest BCUT2D eigenvalue weighted by Crippen LogP contribution is 2.20. The fourth-order valence-corrected chi connectivity index (χ4v) is 2.49. The number of aromatic nitrogens is 1. The lowest BCUT2D eigenvalue weighted by Crippen LogP contribution is -2.54. The summed E-state index contributed by atoms with van der Waals surface area (Å²) in [5.41, 5.74) is 6.19. The summed E-state index contributed by atoms with van der Waals surface area (Å²) >= 11 is 5.91. The van der Waals surface area contributed by atoms with E-state index in [0.717, 1.165) is 26.2 Å². The van der Waals surface area contributed by atoms with Crippen LogP contribution in [0, 0.1) is 0 Å². The molecule has 0 aromatic carbocycles. The van der Waals surface area contributed by atoms with E-state index in [1.54, 1.807) is 6.07 Å². The minimum Gasteiger partial charge on any atom is -0.382 e. The van der Waals surface area contributed by atoms with Gasteiger partial charge in [-0.05, 0) is 26.8 Å². The highest BCUT2D eigenvalue weighted by Gasteiger charge is 2.28. The lowest BCUT2D eigenvalue weighted by molar-refractivity contribution is 0.0451. The van der Waals surface area contributed by atoms with Gasteiger partial charge < -0.3 is 10.6 Å². The second kappa shape index (κ2) is 5.58. The van der Waals surface area contributed by atoms with Crippen molar-refractivity contribution in [3.05, 3.63) is 22.8 Å². The van der Waals surface area contributed by atoms with Crippen molar-refractivity contribution in [1.29, 1.82) is 0 Å². The minimum atomic E-state index is -0.0343.